The highest BCUT2D eigenvalue weighted by molar-refractivity contribution is 5.59. The molecular formula is C21H26N2O. The van der Waals surface area contributed by atoms with Gasteiger partial charge >= 0.3 is 0 Å². The number of methoxy groups -OCH3 is 1. The van der Waals surface area contributed by atoms with Crippen LogP contribution in [0, 0.1) is 12.8 Å². The normalized spacial score (nSPS) is 23.0. The summed E-state index contributed by atoms with van der Waals surface area (Å²) in [5, 5.41) is 0. The zero-order valence-corrected chi connectivity index (χ0v) is 14.8. The monoisotopic (exact) mass is 322 g/mol. The molecule has 2 atom stereocenters. The lowest BCUT2D eigenvalue weighted by molar-refractivity contribution is 0.215. The Labute approximate surface area is 144 Å². The molecule has 0 N–H and O–H groups in total. The van der Waals surface area contributed by atoms with Crippen molar-refractivity contribution in [3.05, 3.63) is 59.2 Å². The molecule has 2 aromatic rings. The topological polar surface area (TPSA) is 15.7 Å². The highest BCUT2D eigenvalue weighted by Gasteiger charge is 2.40. The molecule has 0 radical (unpaired) electrons. The maximum absolute atomic E-state index is 5.49. The number of rotatable bonds is 3. The average Bonchev–Trinajstić information content (AvgIpc) is 2.99. The summed E-state index contributed by atoms with van der Waals surface area (Å²) in [5.74, 6) is 1.67. The number of aryl methyl sites for hydroxylation is 1. The molecule has 24 heavy (non-hydrogen) atoms. The molecule has 0 aromatic heterocycles. The van der Waals surface area contributed by atoms with Crippen LogP contribution in [0.15, 0.2) is 42.5 Å². The molecule has 3 nitrogen and oxygen atoms in total. The molecule has 126 valence electrons. The second-order valence-electron chi connectivity index (χ2n) is 7.25. The van der Waals surface area contributed by atoms with Crippen molar-refractivity contribution < 1.29 is 4.74 Å². The number of nitrogens with zero attached hydrogens (tertiary/aromatic N) is 2. The molecule has 2 heterocycles. The molecule has 1 saturated heterocycles. The van der Waals surface area contributed by atoms with E-state index < -0.39 is 0 Å². The number of anilines is 1. The van der Waals surface area contributed by atoms with Gasteiger partial charge in [-0.1, -0.05) is 29.8 Å². The molecule has 2 aromatic carbocycles. The van der Waals surface area contributed by atoms with Crippen molar-refractivity contribution in [2.24, 2.45) is 5.92 Å². The van der Waals surface area contributed by atoms with Gasteiger partial charge in [-0.3, -0.25) is 4.90 Å². The van der Waals surface area contributed by atoms with Crippen molar-refractivity contribution in [3.8, 4) is 5.75 Å². The van der Waals surface area contributed by atoms with Crippen LogP contribution in [-0.2, 0) is 6.54 Å². The quantitative estimate of drug-likeness (QED) is 0.849. The van der Waals surface area contributed by atoms with E-state index in [2.05, 4.69) is 66.2 Å². The first-order valence-electron chi connectivity index (χ1n) is 8.84. The van der Waals surface area contributed by atoms with Gasteiger partial charge in [-0.2, -0.15) is 0 Å². The van der Waals surface area contributed by atoms with E-state index in [1.165, 1.54) is 35.3 Å². The maximum atomic E-state index is 5.49. The predicted molar refractivity (Wildman–Crippen MR) is 98.7 cm³/mol. The molecule has 1 fully saturated rings. The number of hydrogen-bond acceptors (Lipinski definition) is 3. The van der Waals surface area contributed by atoms with E-state index in [0.29, 0.717) is 12.0 Å². The van der Waals surface area contributed by atoms with Crippen LogP contribution in [0.25, 0.3) is 0 Å². The van der Waals surface area contributed by atoms with E-state index in [-0.39, 0.29) is 0 Å². The first-order chi connectivity index (χ1) is 11.7. The summed E-state index contributed by atoms with van der Waals surface area (Å²) in [4.78, 5) is 5.06. The van der Waals surface area contributed by atoms with Crippen LogP contribution in [0.5, 0.6) is 5.75 Å². The van der Waals surface area contributed by atoms with Crippen molar-refractivity contribution in [1.29, 1.82) is 0 Å². The third-order valence-corrected chi connectivity index (χ3v) is 5.61. The second kappa shape index (κ2) is 6.14. The molecule has 0 amide bonds. The Hall–Kier alpha value is -2.00. The molecule has 0 bridgehead atoms. The second-order valence-corrected chi connectivity index (χ2v) is 7.25. The molecular weight excluding hydrogens is 296 g/mol. The minimum Gasteiger partial charge on any atom is -0.497 e. The van der Waals surface area contributed by atoms with Crippen molar-refractivity contribution in [1.82, 2.24) is 4.90 Å². The van der Waals surface area contributed by atoms with Crippen LogP contribution >= 0.6 is 0 Å². The van der Waals surface area contributed by atoms with Crippen LogP contribution < -0.4 is 9.64 Å². The summed E-state index contributed by atoms with van der Waals surface area (Å²) in [6.07, 6.45) is 1.28. The predicted octanol–water partition coefficient (Wildman–Crippen LogP) is 4.02. The first kappa shape index (κ1) is 15.5. The lowest BCUT2D eigenvalue weighted by Crippen LogP contribution is -2.37. The van der Waals surface area contributed by atoms with E-state index in [4.69, 9.17) is 4.74 Å². The minimum atomic E-state index is 0.507. The SMILES string of the molecule is COc1ccc2c(c1)[C@H]1[C@H](CCN1Cc1ccc(C)cc1)CN2C. The van der Waals surface area contributed by atoms with E-state index in [0.717, 1.165) is 18.8 Å². The first-order valence-corrected chi connectivity index (χ1v) is 8.84. The Morgan fingerprint density at radius 2 is 1.92 bits per heavy atom. The molecule has 0 unspecified atom stereocenters. The van der Waals surface area contributed by atoms with Gasteiger partial charge in [-0.15, -0.1) is 0 Å². The van der Waals surface area contributed by atoms with Gasteiger partial charge in [0.25, 0.3) is 0 Å². The Balaban J connectivity index is 1.66. The molecule has 0 aliphatic carbocycles. The number of ether oxygens (including phenoxy) is 1. The van der Waals surface area contributed by atoms with Gasteiger partial charge in [0.1, 0.15) is 5.75 Å². The summed E-state index contributed by atoms with van der Waals surface area (Å²) in [5.41, 5.74) is 5.52. The minimum absolute atomic E-state index is 0.507. The molecule has 2 aliphatic rings. The zero-order chi connectivity index (χ0) is 16.7. The van der Waals surface area contributed by atoms with Gasteiger partial charge in [-0.05, 0) is 55.1 Å². The largest absolute Gasteiger partial charge is 0.497 e. The number of likely N-dealkylation sites (tertiary alicyclic amines) is 1. The summed E-state index contributed by atoms with van der Waals surface area (Å²) >= 11 is 0. The van der Waals surface area contributed by atoms with Crippen molar-refractivity contribution in [2.75, 3.05) is 32.1 Å². The van der Waals surface area contributed by atoms with Crippen LogP contribution in [0.3, 0.4) is 0 Å². The molecule has 2 aliphatic heterocycles. The molecule has 0 spiro atoms. The fourth-order valence-corrected chi connectivity index (χ4v) is 4.37. The van der Waals surface area contributed by atoms with Gasteiger partial charge in [0, 0.05) is 31.9 Å². The van der Waals surface area contributed by atoms with Crippen molar-refractivity contribution in [2.45, 2.75) is 25.9 Å². The summed E-state index contributed by atoms with van der Waals surface area (Å²) < 4.78 is 5.49. The highest BCUT2D eigenvalue weighted by atomic mass is 16.5. The highest BCUT2D eigenvalue weighted by Crippen LogP contribution is 2.47. The Bertz CT molecular complexity index is 725. The summed E-state index contributed by atoms with van der Waals surface area (Å²) in [7, 11) is 3.97. The van der Waals surface area contributed by atoms with E-state index >= 15 is 0 Å². The summed E-state index contributed by atoms with van der Waals surface area (Å²) in [6, 6.07) is 16.0. The van der Waals surface area contributed by atoms with E-state index in [9.17, 15) is 0 Å². The summed E-state index contributed by atoms with van der Waals surface area (Å²) in [6.45, 7) is 5.50. The Morgan fingerprint density at radius 1 is 1.12 bits per heavy atom. The molecule has 3 heteroatoms. The van der Waals surface area contributed by atoms with Gasteiger partial charge in [0.05, 0.1) is 7.11 Å². The van der Waals surface area contributed by atoms with Gasteiger partial charge in [-0.25, -0.2) is 0 Å². The fourth-order valence-electron chi connectivity index (χ4n) is 4.37. The number of benzene rings is 2. The smallest absolute Gasteiger partial charge is 0.119 e. The van der Waals surface area contributed by atoms with Crippen LogP contribution in [0.4, 0.5) is 5.69 Å². The van der Waals surface area contributed by atoms with E-state index in [1.54, 1.807) is 7.11 Å². The maximum Gasteiger partial charge on any atom is 0.119 e. The van der Waals surface area contributed by atoms with E-state index in [1.807, 2.05) is 0 Å². The van der Waals surface area contributed by atoms with Gasteiger partial charge < -0.3 is 9.64 Å². The van der Waals surface area contributed by atoms with Gasteiger partial charge in [0.2, 0.25) is 0 Å². The van der Waals surface area contributed by atoms with Gasteiger partial charge in [0.15, 0.2) is 0 Å². The van der Waals surface area contributed by atoms with Crippen LogP contribution in [0.2, 0.25) is 0 Å². The number of hydrogen-bond donors (Lipinski definition) is 0. The third-order valence-electron chi connectivity index (χ3n) is 5.61. The Morgan fingerprint density at radius 3 is 2.67 bits per heavy atom. The lowest BCUT2D eigenvalue weighted by Gasteiger charge is -2.39. The standard InChI is InChI=1S/C21H26N2O/c1-15-4-6-16(7-5-15)13-23-11-10-17-14-22(2)20-9-8-18(24-3)12-19(20)21(17)23/h4-9,12,17,21H,10-11,13-14H2,1-3H3/t17-,21-/m1/s1. The van der Waals surface area contributed by atoms with Crippen molar-refractivity contribution >= 4 is 5.69 Å². The zero-order valence-electron chi connectivity index (χ0n) is 14.8. The van der Waals surface area contributed by atoms with Crippen molar-refractivity contribution in [3.63, 3.8) is 0 Å². The third kappa shape index (κ3) is 2.67. The molecule has 4 rings (SSSR count). The Kier molecular flexibility index (Phi) is 3.97. The van der Waals surface area contributed by atoms with Crippen LogP contribution in [0.1, 0.15) is 29.2 Å². The number of fused-ring (bicyclic) bond motifs is 3. The average molecular weight is 322 g/mol. The lowest BCUT2D eigenvalue weighted by atomic mass is 9.87. The molecule has 0 saturated carbocycles. The fraction of sp³-hybridized carbons (Fsp3) is 0.429. The van der Waals surface area contributed by atoms with Crippen LogP contribution in [-0.4, -0.2) is 32.1 Å².